The van der Waals surface area contributed by atoms with Gasteiger partial charge in [0.2, 0.25) is 5.91 Å². The van der Waals surface area contributed by atoms with Crippen molar-refractivity contribution < 1.29 is 9.90 Å². The maximum absolute atomic E-state index is 12.2. The number of nitriles is 1. The van der Waals surface area contributed by atoms with Gasteiger partial charge in [0.25, 0.3) is 0 Å². The van der Waals surface area contributed by atoms with E-state index >= 15 is 0 Å². The minimum absolute atomic E-state index is 0.132. The highest BCUT2D eigenvalue weighted by atomic mass is 16.3. The molecule has 0 aliphatic rings. The molecule has 1 aromatic carbocycles. The fourth-order valence-corrected chi connectivity index (χ4v) is 1.67. The Balaban J connectivity index is 2.91. The lowest BCUT2D eigenvalue weighted by molar-refractivity contribution is -0.131. The molecule has 0 saturated heterocycles. The first-order valence-electron chi connectivity index (χ1n) is 5.69. The van der Waals surface area contributed by atoms with E-state index in [1.165, 1.54) is 4.90 Å². The molecule has 0 aromatic heterocycles. The molecule has 18 heavy (non-hydrogen) atoms. The second kappa shape index (κ2) is 7.25. The Labute approximate surface area is 107 Å². The van der Waals surface area contributed by atoms with Crippen LogP contribution in [0, 0.1) is 11.3 Å². The molecule has 4 nitrogen and oxygen atoms in total. The second-order valence-electron chi connectivity index (χ2n) is 3.77. The molecule has 0 aliphatic heterocycles. The molecule has 1 rings (SSSR count). The number of amides is 1. The third-order valence-electron chi connectivity index (χ3n) is 2.54. The molecule has 0 radical (unpaired) electrons. The van der Waals surface area contributed by atoms with Crippen LogP contribution in [0.5, 0.6) is 0 Å². The summed E-state index contributed by atoms with van der Waals surface area (Å²) < 4.78 is 0. The minimum atomic E-state index is -0.835. The molecular formula is C14H16N2O2. The standard InChI is InChI=1S/C14H16N2O2/c1-2-8-16(9-10-17)14(18)13(11-15)12-6-4-3-5-7-12/h2-7,13,17H,1,8-10H2. The number of rotatable bonds is 6. The van der Waals surface area contributed by atoms with Crippen molar-refractivity contribution in [1.82, 2.24) is 4.90 Å². The van der Waals surface area contributed by atoms with Crippen molar-refractivity contribution in [2.24, 2.45) is 0 Å². The van der Waals surface area contributed by atoms with Gasteiger partial charge in [-0.1, -0.05) is 36.4 Å². The molecule has 1 N–H and O–H groups in total. The van der Waals surface area contributed by atoms with Crippen LogP contribution in [0.25, 0.3) is 0 Å². The summed E-state index contributed by atoms with van der Waals surface area (Å²) in [5, 5.41) is 18.1. The van der Waals surface area contributed by atoms with Gasteiger partial charge in [0.15, 0.2) is 0 Å². The van der Waals surface area contributed by atoms with E-state index in [0.717, 1.165) is 0 Å². The van der Waals surface area contributed by atoms with E-state index in [1.54, 1.807) is 30.3 Å². The largest absolute Gasteiger partial charge is 0.395 e. The van der Waals surface area contributed by atoms with Gasteiger partial charge >= 0.3 is 0 Å². The zero-order valence-electron chi connectivity index (χ0n) is 10.1. The lowest BCUT2D eigenvalue weighted by Gasteiger charge is -2.22. The van der Waals surface area contributed by atoms with E-state index < -0.39 is 5.92 Å². The molecule has 1 unspecified atom stereocenters. The van der Waals surface area contributed by atoms with Crippen molar-refractivity contribution >= 4 is 5.91 Å². The molecule has 1 atom stereocenters. The first-order valence-corrected chi connectivity index (χ1v) is 5.69. The SMILES string of the molecule is C=CCN(CCO)C(=O)C(C#N)c1ccccc1. The number of hydrogen-bond donors (Lipinski definition) is 1. The first kappa shape index (κ1) is 13.9. The number of carbonyl (C=O) groups is 1. The predicted molar refractivity (Wildman–Crippen MR) is 68.7 cm³/mol. The van der Waals surface area contributed by atoms with Crippen LogP contribution in [-0.2, 0) is 4.79 Å². The highest BCUT2D eigenvalue weighted by Crippen LogP contribution is 2.17. The van der Waals surface area contributed by atoms with Crippen molar-refractivity contribution in [2.75, 3.05) is 19.7 Å². The van der Waals surface area contributed by atoms with Gasteiger partial charge in [0, 0.05) is 13.1 Å². The Hall–Kier alpha value is -2.12. The van der Waals surface area contributed by atoms with E-state index in [9.17, 15) is 4.79 Å². The number of aliphatic hydroxyl groups excluding tert-OH is 1. The van der Waals surface area contributed by atoms with Crippen LogP contribution in [0.3, 0.4) is 0 Å². The summed E-state index contributed by atoms with van der Waals surface area (Å²) in [5.74, 6) is -1.14. The molecule has 0 bridgehead atoms. The second-order valence-corrected chi connectivity index (χ2v) is 3.77. The van der Waals surface area contributed by atoms with Gasteiger partial charge in [0.1, 0.15) is 5.92 Å². The summed E-state index contributed by atoms with van der Waals surface area (Å²) in [5.41, 5.74) is 0.664. The molecule has 0 fully saturated rings. The Morgan fingerprint density at radius 3 is 2.67 bits per heavy atom. The number of benzene rings is 1. The Kier molecular flexibility index (Phi) is 5.62. The molecule has 0 aliphatic carbocycles. The van der Waals surface area contributed by atoms with Crippen molar-refractivity contribution in [3.63, 3.8) is 0 Å². The van der Waals surface area contributed by atoms with Crippen molar-refractivity contribution in [2.45, 2.75) is 5.92 Å². The average Bonchev–Trinajstić information content (AvgIpc) is 2.40. The topological polar surface area (TPSA) is 64.3 Å². The quantitative estimate of drug-likeness (QED) is 0.767. The summed E-state index contributed by atoms with van der Waals surface area (Å²) in [6.45, 7) is 3.96. The van der Waals surface area contributed by atoms with Crippen LogP contribution in [0.15, 0.2) is 43.0 Å². The molecule has 94 valence electrons. The third-order valence-corrected chi connectivity index (χ3v) is 2.54. The summed E-state index contributed by atoms with van der Waals surface area (Å²) in [6.07, 6.45) is 1.58. The molecule has 0 spiro atoms. The zero-order chi connectivity index (χ0) is 13.4. The molecule has 1 aromatic rings. The van der Waals surface area contributed by atoms with Gasteiger partial charge in [-0.3, -0.25) is 4.79 Å². The van der Waals surface area contributed by atoms with Gasteiger partial charge in [-0.25, -0.2) is 0 Å². The highest BCUT2D eigenvalue weighted by Gasteiger charge is 2.24. The van der Waals surface area contributed by atoms with E-state index in [4.69, 9.17) is 10.4 Å². The van der Waals surface area contributed by atoms with Gasteiger partial charge < -0.3 is 10.0 Å². The summed E-state index contributed by atoms with van der Waals surface area (Å²) in [4.78, 5) is 13.6. The smallest absolute Gasteiger partial charge is 0.244 e. The lowest BCUT2D eigenvalue weighted by atomic mass is 9.99. The van der Waals surface area contributed by atoms with Gasteiger partial charge in [-0.2, -0.15) is 5.26 Å². The fraction of sp³-hybridized carbons (Fsp3) is 0.286. The summed E-state index contributed by atoms with van der Waals surface area (Å²) in [6, 6.07) is 10.9. The third kappa shape index (κ3) is 3.44. The van der Waals surface area contributed by atoms with E-state index in [-0.39, 0.29) is 19.1 Å². The lowest BCUT2D eigenvalue weighted by Crippen LogP contribution is -2.37. The number of hydrogen-bond acceptors (Lipinski definition) is 3. The van der Waals surface area contributed by atoms with Crippen LogP contribution in [0.2, 0.25) is 0 Å². The Bertz CT molecular complexity index is 437. The van der Waals surface area contributed by atoms with Crippen molar-refractivity contribution in [3.8, 4) is 6.07 Å². The maximum Gasteiger partial charge on any atom is 0.244 e. The van der Waals surface area contributed by atoms with Crippen LogP contribution in [0.1, 0.15) is 11.5 Å². The van der Waals surface area contributed by atoms with E-state index in [1.807, 2.05) is 12.1 Å². The number of carbonyl (C=O) groups excluding carboxylic acids is 1. The highest BCUT2D eigenvalue weighted by molar-refractivity contribution is 5.86. The van der Waals surface area contributed by atoms with Gasteiger partial charge in [0.05, 0.1) is 12.7 Å². The van der Waals surface area contributed by atoms with Gasteiger partial charge in [-0.05, 0) is 5.56 Å². The Morgan fingerprint density at radius 2 is 2.17 bits per heavy atom. The van der Waals surface area contributed by atoms with Crippen molar-refractivity contribution in [1.29, 1.82) is 5.26 Å². The van der Waals surface area contributed by atoms with Gasteiger partial charge in [-0.15, -0.1) is 6.58 Å². The normalized spacial score (nSPS) is 11.3. The molecular weight excluding hydrogens is 228 g/mol. The summed E-state index contributed by atoms with van der Waals surface area (Å²) >= 11 is 0. The Morgan fingerprint density at radius 1 is 1.50 bits per heavy atom. The van der Waals surface area contributed by atoms with Crippen molar-refractivity contribution in [3.05, 3.63) is 48.6 Å². The minimum Gasteiger partial charge on any atom is -0.395 e. The monoisotopic (exact) mass is 244 g/mol. The van der Waals surface area contributed by atoms with Crippen LogP contribution >= 0.6 is 0 Å². The molecule has 0 heterocycles. The fourth-order valence-electron chi connectivity index (χ4n) is 1.67. The molecule has 0 saturated carbocycles. The van der Waals surface area contributed by atoms with Crippen LogP contribution < -0.4 is 0 Å². The predicted octanol–water partition coefficient (Wildman–Crippen LogP) is 1.30. The molecule has 1 amide bonds. The maximum atomic E-state index is 12.2. The zero-order valence-corrected chi connectivity index (χ0v) is 10.1. The molecule has 4 heteroatoms. The van der Waals surface area contributed by atoms with E-state index in [0.29, 0.717) is 12.1 Å². The van der Waals surface area contributed by atoms with Crippen LogP contribution in [-0.4, -0.2) is 35.6 Å². The average molecular weight is 244 g/mol. The summed E-state index contributed by atoms with van der Waals surface area (Å²) in [7, 11) is 0. The van der Waals surface area contributed by atoms with E-state index in [2.05, 4.69) is 6.58 Å². The number of nitrogens with zero attached hydrogens (tertiary/aromatic N) is 2. The first-order chi connectivity index (χ1) is 8.74. The number of aliphatic hydroxyl groups is 1. The van der Waals surface area contributed by atoms with Crippen LogP contribution in [0.4, 0.5) is 0 Å².